The van der Waals surface area contributed by atoms with Gasteiger partial charge in [0.15, 0.2) is 17.3 Å². The Labute approximate surface area is 195 Å². The number of aromatic nitrogens is 2. The lowest BCUT2D eigenvalue weighted by Gasteiger charge is -2.43. The Balaban J connectivity index is 1.41. The third-order valence-corrected chi connectivity index (χ3v) is 6.55. The van der Waals surface area contributed by atoms with E-state index in [0.717, 1.165) is 12.8 Å². The van der Waals surface area contributed by atoms with Crippen molar-refractivity contribution in [3.8, 4) is 11.5 Å². The van der Waals surface area contributed by atoms with E-state index in [1.165, 1.54) is 16.8 Å². The number of benzene rings is 1. The van der Waals surface area contributed by atoms with Crippen LogP contribution in [0.2, 0.25) is 0 Å². The van der Waals surface area contributed by atoms with Crippen molar-refractivity contribution in [3.05, 3.63) is 53.1 Å². The van der Waals surface area contributed by atoms with E-state index in [1.807, 2.05) is 0 Å². The second-order valence-corrected chi connectivity index (χ2v) is 8.95. The van der Waals surface area contributed by atoms with E-state index < -0.39 is 11.9 Å². The zero-order valence-corrected chi connectivity index (χ0v) is 19.1. The number of ether oxygens (including phenoxy) is 1. The van der Waals surface area contributed by atoms with E-state index in [2.05, 4.69) is 15.7 Å². The fraction of sp³-hybridized carbons (Fsp3) is 0.375. The van der Waals surface area contributed by atoms with Gasteiger partial charge in [0, 0.05) is 36.1 Å². The fourth-order valence-corrected chi connectivity index (χ4v) is 4.10. The first kappa shape index (κ1) is 22.1. The summed E-state index contributed by atoms with van der Waals surface area (Å²) in [6.45, 7) is 5.43. The maximum Gasteiger partial charge on any atom is 0.319 e. The number of fused-ring (bicyclic) bond motifs is 1. The fourth-order valence-electron chi connectivity index (χ4n) is 4.10. The molecular formula is C24H26FN5O4. The molecule has 2 fully saturated rings. The quantitative estimate of drug-likeness (QED) is 0.533. The lowest BCUT2D eigenvalue weighted by Crippen LogP contribution is -2.60. The van der Waals surface area contributed by atoms with Gasteiger partial charge in [0.1, 0.15) is 5.52 Å². The minimum Gasteiger partial charge on any atom is -0.452 e. The van der Waals surface area contributed by atoms with Crippen LogP contribution in [0, 0.1) is 19.7 Å². The van der Waals surface area contributed by atoms with Crippen molar-refractivity contribution in [1.82, 2.24) is 19.8 Å². The maximum absolute atomic E-state index is 15.1. The Morgan fingerprint density at radius 2 is 1.94 bits per heavy atom. The van der Waals surface area contributed by atoms with E-state index in [-0.39, 0.29) is 41.9 Å². The zero-order chi connectivity index (χ0) is 24.1. The number of urea groups is 1. The van der Waals surface area contributed by atoms with E-state index >= 15 is 4.39 Å². The van der Waals surface area contributed by atoms with Gasteiger partial charge in [-0.25, -0.2) is 13.7 Å². The Morgan fingerprint density at radius 1 is 1.18 bits per heavy atom. The van der Waals surface area contributed by atoms with Crippen molar-refractivity contribution in [3.63, 3.8) is 0 Å². The molecule has 0 unspecified atom stereocenters. The Hall–Kier alpha value is -3.66. The molecule has 5 rings (SSSR count). The van der Waals surface area contributed by atoms with Crippen LogP contribution >= 0.6 is 0 Å². The predicted octanol–water partition coefficient (Wildman–Crippen LogP) is 3.37. The van der Waals surface area contributed by atoms with Crippen molar-refractivity contribution in [1.29, 1.82) is 0 Å². The standard InChI is InChI=1S/C24H26FN5O4/c1-12-16(23(32)29-11-18(31)14(29)3)10-30-22(12)20(8-9-26-30)34-19-7-6-17(13(2)21(19)25)28-24(33)27-15-4-5-15/h6-10,14-15,18,31H,4-5,11H2,1-3H3,(H2,27,28,33)/t14-,18-/m1/s1. The van der Waals surface area contributed by atoms with Crippen molar-refractivity contribution >= 4 is 23.1 Å². The number of halogens is 1. The summed E-state index contributed by atoms with van der Waals surface area (Å²) >= 11 is 0. The molecule has 3 N–H and O–H groups in total. The number of hydrogen-bond acceptors (Lipinski definition) is 5. The molecule has 1 saturated heterocycles. The van der Waals surface area contributed by atoms with Gasteiger partial charge in [0.25, 0.3) is 5.91 Å². The molecule has 0 spiro atoms. The van der Waals surface area contributed by atoms with Gasteiger partial charge in [0.2, 0.25) is 0 Å². The van der Waals surface area contributed by atoms with Crippen LogP contribution in [0.3, 0.4) is 0 Å². The molecule has 2 atom stereocenters. The van der Waals surface area contributed by atoms with Crippen molar-refractivity contribution in [2.75, 3.05) is 11.9 Å². The molecular weight excluding hydrogens is 441 g/mol. The molecule has 178 valence electrons. The number of aliphatic hydroxyl groups excluding tert-OH is 1. The second-order valence-electron chi connectivity index (χ2n) is 8.95. The summed E-state index contributed by atoms with van der Waals surface area (Å²) in [5, 5.41) is 19.5. The second kappa shape index (κ2) is 8.28. The van der Waals surface area contributed by atoms with Crippen molar-refractivity contribution < 1.29 is 23.8 Å². The van der Waals surface area contributed by atoms with Gasteiger partial charge >= 0.3 is 6.03 Å². The predicted molar refractivity (Wildman–Crippen MR) is 123 cm³/mol. The Bertz CT molecular complexity index is 1300. The summed E-state index contributed by atoms with van der Waals surface area (Å²) in [7, 11) is 0. The zero-order valence-electron chi connectivity index (χ0n) is 19.1. The van der Waals surface area contributed by atoms with E-state index in [0.29, 0.717) is 28.1 Å². The summed E-state index contributed by atoms with van der Waals surface area (Å²) < 4.78 is 22.6. The molecule has 1 aliphatic carbocycles. The van der Waals surface area contributed by atoms with Crippen LogP contribution in [0.25, 0.3) is 5.52 Å². The van der Waals surface area contributed by atoms with Gasteiger partial charge < -0.3 is 25.4 Å². The summed E-state index contributed by atoms with van der Waals surface area (Å²) in [6.07, 6.45) is 4.51. The summed E-state index contributed by atoms with van der Waals surface area (Å²) in [5.41, 5.74) is 2.25. The average Bonchev–Trinajstić information content (AvgIpc) is 3.56. The number of amides is 3. The molecule has 0 bridgehead atoms. The molecule has 10 heteroatoms. The highest BCUT2D eigenvalue weighted by molar-refractivity contribution is 5.99. The third kappa shape index (κ3) is 3.83. The van der Waals surface area contributed by atoms with Gasteiger partial charge in [0.05, 0.1) is 23.9 Å². The van der Waals surface area contributed by atoms with E-state index in [1.54, 1.807) is 44.0 Å². The average molecular weight is 468 g/mol. The Morgan fingerprint density at radius 3 is 2.62 bits per heavy atom. The first-order valence-corrected chi connectivity index (χ1v) is 11.2. The van der Waals surface area contributed by atoms with Crippen LogP contribution in [0.1, 0.15) is 41.3 Å². The van der Waals surface area contributed by atoms with Crippen LogP contribution in [-0.4, -0.2) is 56.3 Å². The first-order valence-electron chi connectivity index (χ1n) is 11.2. The SMILES string of the molecule is Cc1c(NC(=O)NC2CC2)ccc(Oc2ccnn3cc(C(=O)N4C[C@@H](O)[C@H]4C)c(C)c23)c1F. The van der Waals surface area contributed by atoms with Crippen LogP contribution in [0.5, 0.6) is 11.5 Å². The van der Waals surface area contributed by atoms with Crippen LogP contribution in [0.15, 0.2) is 30.6 Å². The molecule has 3 aromatic rings. The Kier molecular flexibility index (Phi) is 5.40. The first-order chi connectivity index (χ1) is 16.2. The number of nitrogens with zero attached hydrogens (tertiary/aromatic N) is 3. The number of carbonyl (C=O) groups is 2. The monoisotopic (exact) mass is 467 g/mol. The number of carbonyl (C=O) groups excluding carboxylic acids is 2. The largest absolute Gasteiger partial charge is 0.452 e. The highest BCUT2D eigenvalue weighted by Crippen LogP contribution is 2.35. The summed E-state index contributed by atoms with van der Waals surface area (Å²) in [6, 6.07) is 4.23. The van der Waals surface area contributed by atoms with E-state index in [9.17, 15) is 14.7 Å². The smallest absolute Gasteiger partial charge is 0.319 e. The van der Waals surface area contributed by atoms with Crippen molar-refractivity contribution in [2.24, 2.45) is 0 Å². The number of aryl methyl sites for hydroxylation is 1. The highest BCUT2D eigenvalue weighted by Gasteiger charge is 2.38. The van der Waals surface area contributed by atoms with Gasteiger partial charge in [-0.3, -0.25) is 4.79 Å². The maximum atomic E-state index is 15.1. The lowest BCUT2D eigenvalue weighted by molar-refractivity contribution is -0.0357. The summed E-state index contributed by atoms with van der Waals surface area (Å²) in [4.78, 5) is 26.6. The third-order valence-electron chi connectivity index (χ3n) is 6.55. The van der Waals surface area contributed by atoms with Crippen LogP contribution in [-0.2, 0) is 0 Å². The molecule has 9 nitrogen and oxygen atoms in total. The number of likely N-dealkylation sites (tertiary alicyclic amines) is 1. The lowest BCUT2D eigenvalue weighted by atomic mass is 9.99. The van der Waals surface area contributed by atoms with Gasteiger partial charge in [-0.1, -0.05) is 0 Å². The van der Waals surface area contributed by atoms with Gasteiger partial charge in [-0.05, 0) is 51.3 Å². The molecule has 0 radical (unpaired) electrons. The van der Waals surface area contributed by atoms with Crippen LogP contribution < -0.4 is 15.4 Å². The van der Waals surface area contributed by atoms with Gasteiger partial charge in [-0.15, -0.1) is 0 Å². The number of aliphatic hydroxyl groups is 1. The van der Waals surface area contributed by atoms with Gasteiger partial charge in [-0.2, -0.15) is 5.10 Å². The molecule has 1 saturated carbocycles. The number of nitrogens with one attached hydrogen (secondary N) is 2. The summed E-state index contributed by atoms with van der Waals surface area (Å²) in [5.74, 6) is -0.461. The number of rotatable bonds is 5. The number of β-amino-alcohol motifs (C(OH)–C–C–N with tert-alkyl or cyclic N) is 1. The molecule has 2 aliphatic rings. The number of hydrogen-bond donors (Lipinski definition) is 3. The molecule has 3 amide bonds. The number of anilines is 1. The highest BCUT2D eigenvalue weighted by atomic mass is 19.1. The minimum absolute atomic E-state index is 0.00767. The van der Waals surface area contributed by atoms with Crippen molar-refractivity contribution in [2.45, 2.75) is 51.8 Å². The molecule has 2 aromatic heterocycles. The molecule has 3 heterocycles. The molecule has 1 aliphatic heterocycles. The topological polar surface area (TPSA) is 108 Å². The molecule has 34 heavy (non-hydrogen) atoms. The van der Waals surface area contributed by atoms with Crippen LogP contribution in [0.4, 0.5) is 14.9 Å². The normalized spacial score (nSPS) is 19.6. The minimum atomic E-state index is -0.594. The van der Waals surface area contributed by atoms with E-state index in [4.69, 9.17) is 4.74 Å². The molecule has 1 aromatic carbocycles.